The molecular weight excluding hydrogens is 287 g/mol. The molecule has 0 amide bonds. The molecule has 2 aromatic heterocycles. The third-order valence-corrected chi connectivity index (χ3v) is 3.94. The number of nitrogens with zero attached hydrogens (tertiary/aromatic N) is 3. The molecule has 0 radical (unpaired) electrons. The summed E-state index contributed by atoms with van der Waals surface area (Å²) in [7, 11) is 0. The topological polar surface area (TPSA) is 30.2 Å². The predicted molar refractivity (Wildman–Crippen MR) is 70.7 cm³/mol. The van der Waals surface area contributed by atoms with Gasteiger partial charge in [-0.2, -0.15) is 18.3 Å². The van der Waals surface area contributed by atoms with Crippen molar-refractivity contribution in [1.29, 1.82) is 0 Å². The van der Waals surface area contributed by atoms with Crippen LogP contribution in [0.1, 0.15) is 17.5 Å². The number of hydrogen-bond acceptors (Lipinski definition) is 3. The lowest BCUT2D eigenvalue weighted by atomic mass is 10.1. The summed E-state index contributed by atoms with van der Waals surface area (Å²) in [6, 6.07) is 5.15. The number of aryl methyl sites for hydroxylation is 1. The summed E-state index contributed by atoms with van der Waals surface area (Å²) in [6.07, 6.45) is -1.88. The van der Waals surface area contributed by atoms with Crippen LogP contribution in [-0.2, 0) is 12.6 Å². The van der Waals surface area contributed by atoms with Crippen molar-refractivity contribution < 1.29 is 13.2 Å². The number of aromatic nitrogens is 3. The Hall–Kier alpha value is -1.89. The van der Waals surface area contributed by atoms with Crippen LogP contribution in [0, 0.1) is 0 Å². The molecule has 3 aromatic rings. The molecule has 0 aliphatic heterocycles. The summed E-state index contributed by atoms with van der Waals surface area (Å²) in [5, 5.41) is 5.25. The smallest absolute Gasteiger partial charge is 0.217 e. The molecular formula is C13H10F3N3S. The average molecular weight is 297 g/mol. The van der Waals surface area contributed by atoms with Crippen molar-refractivity contribution in [3.05, 3.63) is 41.0 Å². The molecule has 3 nitrogen and oxygen atoms in total. The van der Waals surface area contributed by atoms with Gasteiger partial charge in [-0.15, -0.1) is 0 Å². The summed E-state index contributed by atoms with van der Waals surface area (Å²) in [5.41, 5.74) is 0.265. The molecule has 7 heteroatoms. The third kappa shape index (κ3) is 2.29. The number of hydrogen-bond donors (Lipinski definition) is 0. The summed E-state index contributed by atoms with van der Waals surface area (Å²) < 4.78 is 39.7. The van der Waals surface area contributed by atoms with E-state index in [1.165, 1.54) is 17.4 Å². The number of alkyl halides is 3. The summed E-state index contributed by atoms with van der Waals surface area (Å²) in [4.78, 5) is 5.02. The van der Waals surface area contributed by atoms with Crippen LogP contribution in [0.2, 0.25) is 0 Å². The zero-order valence-corrected chi connectivity index (χ0v) is 11.3. The van der Waals surface area contributed by atoms with Gasteiger partial charge in [-0.1, -0.05) is 30.4 Å². The SMILES string of the molecule is CCc1nn2cc(-c3cccc(C(F)(F)F)c3)nc2s1. The van der Waals surface area contributed by atoms with E-state index >= 15 is 0 Å². The highest BCUT2D eigenvalue weighted by Crippen LogP contribution is 2.32. The normalized spacial score (nSPS) is 12.2. The summed E-state index contributed by atoms with van der Waals surface area (Å²) in [6.45, 7) is 1.99. The van der Waals surface area contributed by atoms with Crippen LogP contribution >= 0.6 is 11.3 Å². The van der Waals surface area contributed by atoms with Crippen molar-refractivity contribution in [2.75, 3.05) is 0 Å². The van der Waals surface area contributed by atoms with Crippen LogP contribution < -0.4 is 0 Å². The first-order chi connectivity index (χ1) is 9.47. The molecule has 3 rings (SSSR count). The van der Waals surface area contributed by atoms with Gasteiger partial charge in [0.1, 0.15) is 5.01 Å². The Morgan fingerprint density at radius 1 is 1.30 bits per heavy atom. The van der Waals surface area contributed by atoms with Gasteiger partial charge in [0.05, 0.1) is 17.5 Å². The molecule has 104 valence electrons. The quantitative estimate of drug-likeness (QED) is 0.714. The van der Waals surface area contributed by atoms with E-state index in [2.05, 4.69) is 10.1 Å². The van der Waals surface area contributed by atoms with Crippen molar-refractivity contribution in [3.8, 4) is 11.3 Å². The van der Waals surface area contributed by atoms with Crippen LogP contribution in [0.5, 0.6) is 0 Å². The highest BCUT2D eigenvalue weighted by atomic mass is 32.1. The largest absolute Gasteiger partial charge is 0.416 e. The van der Waals surface area contributed by atoms with Gasteiger partial charge in [0.15, 0.2) is 0 Å². The van der Waals surface area contributed by atoms with Gasteiger partial charge in [0.25, 0.3) is 0 Å². The highest BCUT2D eigenvalue weighted by molar-refractivity contribution is 7.16. The molecule has 0 saturated carbocycles. The summed E-state index contributed by atoms with van der Waals surface area (Å²) in [5.74, 6) is 0. The molecule has 0 fully saturated rings. The first-order valence-electron chi connectivity index (χ1n) is 6.00. The maximum absolute atomic E-state index is 12.7. The fourth-order valence-electron chi connectivity index (χ4n) is 1.88. The van der Waals surface area contributed by atoms with Crippen LogP contribution in [0.25, 0.3) is 16.2 Å². The minimum atomic E-state index is -4.35. The molecule has 20 heavy (non-hydrogen) atoms. The van der Waals surface area contributed by atoms with E-state index in [9.17, 15) is 13.2 Å². The van der Waals surface area contributed by atoms with Crippen molar-refractivity contribution in [3.63, 3.8) is 0 Å². The van der Waals surface area contributed by atoms with Gasteiger partial charge in [-0.05, 0) is 18.6 Å². The van der Waals surface area contributed by atoms with Crippen LogP contribution in [0.3, 0.4) is 0 Å². The minimum Gasteiger partial charge on any atom is -0.217 e. The highest BCUT2D eigenvalue weighted by Gasteiger charge is 2.30. The lowest BCUT2D eigenvalue weighted by Crippen LogP contribution is -2.04. The van der Waals surface area contributed by atoms with Crippen LogP contribution in [0.15, 0.2) is 30.5 Å². The average Bonchev–Trinajstić information content (AvgIpc) is 2.95. The molecule has 0 unspecified atom stereocenters. The molecule has 2 heterocycles. The van der Waals surface area contributed by atoms with Gasteiger partial charge in [-0.3, -0.25) is 0 Å². The Morgan fingerprint density at radius 2 is 2.10 bits per heavy atom. The van der Waals surface area contributed by atoms with Gasteiger partial charge >= 0.3 is 6.18 Å². The van der Waals surface area contributed by atoms with Crippen LogP contribution in [0.4, 0.5) is 13.2 Å². The molecule has 0 aliphatic carbocycles. The van der Waals surface area contributed by atoms with Gasteiger partial charge in [-0.25, -0.2) is 9.50 Å². The number of halogens is 3. The van der Waals surface area contributed by atoms with E-state index in [4.69, 9.17) is 0 Å². The first-order valence-corrected chi connectivity index (χ1v) is 6.82. The van der Waals surface area contributed by atoms with E-state index in [-0.39, 0.29) is 0 Å². The maximum atomic E-state index is 12.7. The standard InChI is InChI=1S/C13H10F3N3S/c1-2-11-18-19-7-10(17-12(19)20-11)8-4-3-5-9(6-8)13(14,15)16/h3-7H,2H2,1H3. The zero-order valence-electron chi connectivity index (χ0n) is 10.5. The molecule has 1 aromatic carbocycles. The zero-order chi connectivity index (χ0) is 14.3. The lowest BCUT2D eigenvalue weighted by Gasteiger charge is -2.07. The lowest BCUT2D eigenvalue weighted by molar-refractivity contribution is -0.137. The molecule has 0 atom stereocenters. The van der Waals surface area contributed by atoms with Gasteiger partial charge in [0, 0.05) is 5.56 Å². The fourth-order valence-corrected chi connectivity index (χ4v) is 2.69. The monoisotopic (exact) mass is 297 g/mol. The molecule has 0 aliphatic rings. The third-order valence-electron chi connectivity index (χ3n) is 2.87. The molecule has 0 N–H and O–H groups in total. The Kier molecular flexibility index (Phi) is 3.01. The van der Waals surface area contributed by atoms with E-state index in [1.807, 2.05) is 6.92 Å². The van der Waals surface area contributed by atoms with Crippen molar-refractivity contribution in [1.82, 2.24) is 14.6 Å². The molecule has 0 spiro atoms. The van der Waals surface area contributed by atoms with E-state index in [1.54, 1.807) is 16.8 Å². The van der Waals surface area contributed by atoms with Gasteiger partial charge in [0.2, 0.25) is 4.96 Å². The van der Waals surface area contributed by atoms with Gasteiger partial charge < -0.3 is 0 Å². The Balaban J connectivity index is 2.04. The molecule has 0 saturated heterocycles. The minimum absolute atomic E-state index is 0.440. The predicted octanol–water partition coefficient (Wildman–Crippen LogP) is 4.04. The van der Waals surface area contributed by atoms with Crippen molar-refractivity contribution in [2.24, 2.45) is 0 Å². The first kappa shape index (κ1) is 13.1. The second kappa shape index (κ2) is 4.59. The Labute approximate surface area is 116 Å². The maximum Gasteiger partial charge on any atom is 0.416 e. The second-order valence-corrected chi connectivity index (χ2v) is 5.32. The summed E-state index contributed by atoms with van der Waals surface area (Å²) >= 11 is 1.44. The second-order valence-electron chi connectivity index (χ2n) is 4.28. The van der Waals surface area contributed by atoms with E-state index < -0.39 is 11.7 Å². The fraction of sp³-hybridized carbons (Fsp3) is 0.231. The van der Waals surface area contributed by atoms with Crippen molar-refractivity contribution >= 4 is 16.3 Å². The molecule has 0 bridgehead atoms. The Bertz CT molecular complexity index is 726. The number of fused-ring (bicyclic) bond motifs is 1. The van der Waals surface area contributed by atoms with E-state index in [0.717, 1.165) is 23.6 Å². The number of imidazole rings is 1. The number of benzene rings is 1. The van der Waals surface area contributed by atoms with E-state index in [0.29, 0.717) is 16.2 Å². The van der Waals surface area contributed by atoms with Crippen molar-refractivity contribution in [2.45, 2.75) is 19.5 Å². The number of rotatable bonds is 2. The Morgan fingerprint density at radius 3 is 2.75 bits per heavy atom. The van der Waals surface area contributed by atoms with Crippen LogP contribution in [-0.4, -0.2) is 14.6 Å².